The Kier molecular flexibility index (Phi) is 4.67. The van der Waals surface area contributed by atoms with E-state index in [0.29, 0.717) is 5.56 Å². The number of benzene rings is 3. The summed E-state index contributed by atoms with van der Waals surface area (Å²) in [5.74, 6) is -0.365. The highest BCUT2D eigenvalue weighted by molar-refractivity contribution is 5.90. The Labute approximate surface area is 158 Å². The summed E-state index contributed by atoms with van der Waals surface area (Å²) in [4.78, 5) is 17.3. The van der Waals surface area contributed by atoms with Crippen LogP contribution in [0.5, 0.6) is 0 Å². The van der Waals surface area contributed by atoms with Crippen LogP contribution >= 0.6 is 0 Å². The van der Waals surface area contributed by atoms with Gasteiger partial charge in [0, 0.05) is 11.6 Å². The fourth-order valence-corrected chi connectivity index (χ4v) is 3.12. The van der Waals surface area contributed by atoms with Crippen LogP contribution in [-0.2, 0) is 4.74 Å². The first kappa shape index (κ1) is 17.0. The van der Waals surface area contributed by atoms with Crippen LogP contribution < -0.4 is 0 Å². The highest BCUT2D eigenvalue weighted by Gasteiger charge is 2.23. The van der Waals surface area contributed by atoms with Crippen molar-refractivity contribution in [3.63, 3.8) is 0 Å². The second kappa shape index (κ2) is 7.42. The summed E-state index contributed by atoms with van der Waals surface area (Å²) in [6.45, 7) is 2.03. The van der Waals surface area contributed by atoms with E-state index in [0.717, 1.165) is 27.6 Å². The molecule has 3 nitrogen and oxygen atoms in total. The largest absolute Gasteiger partial charge is 0.447 e. The molecule has 0 saturated carbocycles. The van der Waals surface area contributed by atoms with Crippen molar-refractivity contribution in [3.05, 3.63) is 114 Å². The number of hydrogen-bond acceptors (Lipinski definition) is 3. The molecule has 0 aliphatic carbocycles. The molecule has 4 aromatic rings. The van der Waals surface area contributed by atoms with Crippen LogP contribution in [0.1, 0.15) is 33.3 Å². The molecule has 132 valence electrons. The average Bonchev–Trinajstić information content (AvgIpc) is 2.73. The normalized spacial score (nSPS) is 11.9. The molecule has 0 N–H and O–H groups in total. The van der Waals surface area contributed by atoms with Gasteiger partial charge in [0.2, 0.25) is 0 Å². The van der Waals surface area contributed by atoms with Gasteiger partial charge in [-0.25, -0.2) is 4.79 Å². The molecule has 0 radical (unpaired) electrons. The topological polar surface area (TPSA) is 39.2 Å². The Morgan fingerprint density at radius 3 is 2.33 bits per heavy atom. The maximum atomic E-state index is 12.8. The Morgan fingerprint density at radius 1 is 0.852 bits per heavy atom. The highest BCUT2D eigenvalue weighted by atomic mass is 16.5. The van der Waals surface area contributed by atoms with E-state index in [1.807, 2.05) is 79.7 Å². The zero-order chi connectivity index (χ0) is 18.6. The molecule has 27 heavy (non-hydrogen) atoms. The number of esters is 1. The van der Waals surface area contributed by atoms with Gasteiger partial charge in [0.1, 0.15) is 0 Å². The van der Waals surface area contributed by atoms with Gasteiger partial charge in [0.15, 0.2) is 6.10 Å². The first-order chi connectivity index (χ1) is 13.2. The van der Waals surface area contributed by atoms with Gasteiger partial charge >= 0.3 is 5.97 Å². The van der Waals surface area contributed by atoms with E-state index in [1.54, 1.807) is 18.3 Å². The summed E-state index contributed by atoms with van der Waals surface area (Å²) in [6, 6.07) is 27.0. The summed E-state index contributed by atoms with van der Waals surface area (Å²) in [6.07, 6.45) is 1.18. The fourth-order valence-electron chi connectivity index (χ4n) is 3.12. The third kappa shape index (κ3) is 3.58. The molecule has 0 spiro atoms. The van der Waals surface area contributed by atoms with Gasteiger partial charge in [-0.05, 0) is 36.1 Å². The number of ether oxygens (including phenoxy) is 1. The van der Waals surface area contributed by atoms with Crippen LogP contribution in [0, 0.1) is 6.92 Å². The Morgan fingerprint density at radius 2 is 1.56 bits per heavy atom. The SMILES string of the molecule is Cc1ccc([C@H](OC(=O)c2ccccc2)c2nccc3ccccc23)cc1. The number of aromatic nitrogens is 1. The minimum absolute atomic E-state index is 0.365. The summed E-state index contributed by atoms with van der Waals surface area (Å²) in [5.41, 5.74) is 3.31. The first-order valence-electron chi connectivity index (χ1n) is 8.88. The first-order valence-corrected chi connectivity index (χ1v) is 8.88. The van der Waals surface area contributed by atoms with Gasteiger partial charge < -0.3 is 4.74 Å². The molecule has 0 aliphatic rings. The summed E-state index contributed by atoms with van der Waals surface area (Å²) >= 11 is 0. The molecule has 0 aliphatic heterocycles. The summed E-state index contributed by atoms with van der Waals surface area (Å²) in [7, 11) is 0. The minimum atomic E-state index is -0.579. The molecule has 3 aromatic carbocycles. The van der Waals surface area contributed by atoms with Gasteiger partial charge in [-0.15, -0.1) is 0 Å². The third-order valence-electron chi connectivity index (χ3n) is 4.57. The third-order valence-corrected chi connectivity index (χ3v) is 4.57. The van der Waals surface area contributed by atoms with Crippen molar-refractivity contribution in [2.45, 2.75) is 13.0 Å². The van der Waals surface area contributed by atoms with Crippen molar-refractivity contribution < 1.29 is 9.53 Å². The van der Waals surface area contributed by atoms with Crippen molar-refractivity contribution in [2.75, 3.05) is 0 Å². The summed E-state index contributed by atoms with van der Waals surface area (Å²) < 4.78 is 5.96. The molecule has 1 aromatic heterocycles. The zero-order valence-electron chi connectivity index (χ0n) is 15.0. The lowest BCUT2D eigenvalue weighted by Crippen LogP contribution is -2.14. The van der Waals surface area contributed by atoms with Crippen LogP contribution in [0.25, 0.3) is 10.8 Å². The number of nitrogens with zero attached hydrogens (tertiary/aromatic N) is 1. The van der Waals surface area contributed by atoms with Gasteiger partial charge in [-0.1, -0.05) is 72.3 Å². The highest BCUT2D eigenvalue weighted by Crippen LogP contribution is 2.31. The number of hydrogen-bond donors (Lipinski definition) is 0. The maximum absolute atomic E-state index is 12.8. The Bertz CT molecular complexity index is 1070. The van der Waals surface area contributed by atoms with Crippen molar-refractivity contribution in [1.29, 1.82) is 0 Å². The molecule has 1 heterocycles. The average molecular weight is 353 g/mol. The predicted octanol–water partition coefficient (Wildman–Crippen LogP) is 5.49. The second-order valence-electron chi connectivity index (χ2n) is 6.48. The number of carbonyl (C=O) groups is 1. The van der Waals surface area contributed by atoms with Gasteiger partial charge in [-0.3, -0.25) is 4.98 Å². The lowest BCUT2D eigenvalue weighted by Gasteiger charge is -2.20. The molecule has 0 saturated heterocycles. The molecule has 0 fully saturated rings. The van der Waals surface area contributed by atoms with Crippen LogP contribution in [0.4, 0.5) is 0 Å². The van der Waals surface area contributed by atoms with E-state index in [2.05, 4.69) is 4.98 Å². The number of fused-ring (bicyclic) bond motifs is 1. The lowest BCUT2D eigenvalue weighted by molar-refractivity contribution is 0.0373. The molecular weight excluding hydrogens is 334 g/mol. The molecule has 0 bridgehead atoms. The molecule has 3 heteroatoms. The lowest BCUT2D eigenvalue weighted by atomic mass is 10.00. The Hall–Kier alpha value is -3.46. The molecule has 0 unspecified atom stereocenters. The smallest absolute Gasteiger partial charge is 0.339 e. The predicted molar refractivity (Wildman–Crippen MR) is 107 cm³/mol. The second-order valence-corrected chi connectivity index (χ2v) is 6.48. The van der Waals surface area contributed by atoms with Crippen LogP contribution in [0.2, 0.25) is 0 Å². The zero-order valence-corrected chi connectivity index (χ0v) is 15.0. The monoisotopic (exact) mass is 353 g/mol. The minimum Gasteiger partial charge on any atom is -0.447 e. The van der Waals surface area contributed by atoms with E-state index >= 15 is 0 Å². The van der Waals surface area contributed by atoms with E-state index in [1.165, 1.54) is 0 Å². The Balaban J connectivity index is 1.80. The molecular formula is C24H19NO2. The number of rotatable bonds is 4. The number of aryl methyl sites for hydroxylation is 1. The molecule has 1 atom stereocenters. The van der Waals surface area contributed by atoms with Crippen LogP contribution in [0.15, 0.2) is 91.1 Å². The van der Waals surface area contributed by atoms with Crippen molar-refractivity contribution >= 4 is 16.7 Å². The quantitative estimate of drug-likeness (QED) is 0.455. The van der Waals surface area contributed by atoms with E-state index in [4.69, 9.17) is 4.74 Å². The molecule has 4 rings (SSSR count). The fraction of sp³-hybridized carbons (Fsp3) is 0.0833. The van der Waals surface area contributed by atoms with Crippen LogP contribution in [0.3, 0.4) is 0 Å². The van der Waals surface area contributed by atoms with Gasteiger partial charge in [0.25, 0.3) is 0 Å². The van der Waals surface area contributed by atoms with Gasteiger partial charge in [0.05, 0.1) is 11.3 Å². The molecule has 0 amide bonds. The van der Waals surface area contributed by atoms with Gasteiger partial charge in [-0.2, -0.15) is 0 Å². The van der Waals surface area contributed by atoms with E-state index in [-0.39, 0.29) is 5.97 Å². The standard InChI is InChI=1S/C24H19NO2/c1-17-11-13-19(14-12-17)23(27-24(26)20-8-3-2-4-9-20)22-21-10-6-5-7-18(21)15-16-25-22/h2-16,23H,1H3/t23-/m0/s1. The number of carbonyl (C=O) groups excluding carboxylic acids is 1. The van der Waals surface area contributed by atoms with Crippen molar-refractivity contribution in [3.8, 4) is 0 Å². The summed E-state index contributed by atoms with van der Waals surface area (Å²) in [5, 5.41) is 2.04. The van der Waals surface area contributed by atoms with Crippen LogP contribution in [-0.4, -0.2) is 11.0 Å². The van der Waals surface area contributed by atoms with E-state index in [9.17, 15) is 4.79 Å². The van der Waals surface area contributed by atoms with Crippen molar-refractivity contribution in [1.82, 2.24) is 4.98 Å². The maximum Gasteiger partial charge on any atom is 0.339 e. The van der Waals surface area contributed by atoms with Crippen molar-refractivity contribution in [2.24, 2.45) is 0 Å². The van der Waals surface area contributed by atoms with E-state index < -0.39 is 6.10 Å². The number of pyridine rings is 1.